The minimum absolute atomic E-state index is 0.104. The van der Waals surface area contributed by atoms with Gasteiger partial charge in [0.15, 0.2) is 0 Å². The van der Waals surface area contributed by atoms with Crippen molar-refractivity contribution in [3.8, 4) is 0 Å². The standard InChI is InChI=1S/C14H22N2O2/c1-11-5-7-16(8-6-14(17)15-2)12(10-11)13-4-3-9-18-13/h3-4,9,11-12H,5-8,10H2,1-2H3,(H,15,17)/t11-,12-/m1/s1. The second-order valence-corrected chi connectivity index (χ2v) is 5.12. The summed E-state index contributed by atoms with van der Waals surface area (Å²) >= 11 is 0. The minimum Gasteiger partial charge on any atom is -0.468 e. The molecule has 18 heavy (non-hydrogen) atoms. The predicted molar refractivity (Wildman–Crippen MR) is 70.1 cm³/mol. The third-order valence-corrected chi connectivity index (χ3v) is 3.75. The molecule has 1 amide bonds. The maximum atomic E-state index is 11.4. The Hall–Kier alpha value is -1.29. The normalized spacial score (nSPS) is 25.0. The molecular formula is C14H22N2O2. The van der Waals surface area contributed by atoms with Crippen LogP contribution in [0.4, 0.5) is 0 Å². The van der Waals surface area contributed by atoms with Crippen molar-refractivity contribution in [2.75, 3.05) is 20.1 Å². The first-order valence-corrected chi connectivity index (χ1v) is 6.68. The van der Waals surface area contributed by atoms with Crippen molar-refractivity contribution < 1.29 is 9.21 Å². The highest BCUT2D eigenvalue weighted by atomic mass is 16.3. The number of hydrogen-bond donors (Lipinski definition) is 1. The molecule has 1 aromatic rings. The summed E-state index contributed by atoms with van der Waals surface area (Å²) in [6.07, 6.45) is 4.60. The van der Waals surface area contributed by atoms with Crippen LogP contribution in [0.2, 0.25) is 0 Å². The van der Waals surface area contributed by atoms with E-state index in [2.05, 4.69) is 17.1 Å². The lowest BCUT2D eigenvalue weighted by Crippen LogP contribution is -2.38. The van der Waals surface area contributed by atoms with Crippen LogP contribution in [0, 0.1) is 5.92 Å². The Morgan fingerprint density at radius 2 is 2.44 bits per heavy atom. The molecule has 0 radical (unpaired) electrons. The lowest BCUT2D eigenvalue weighted by atomic mass is 9.91. The number of likely N-dealkylation sites (tertiary alicyclic amines) is 1. The molecule has 1 N–H and O–H groups in total. The number of piperidine rings is 1. The first kappa shape index (κ1) is 13.1. The first-order valence-electron chi connectivity index (χ1n) is 6.68. The van der Waals surface area contributed by atoms with Crippen molar-refractivity contribution in [2.45, 2.75) is 32.2 Å². The summed E-state index contributed by atoms with van der Waals surface area (Å²) in [4.78, 5) is 13.7. The van der Waals surface area contributed by atoms with Gasteiger partial charge in [-0.2, -0.15) is 0 Å². The van der Waals surface area contributed by atoms with Crippen molar-refractivity contribution in [3.63, 3.8) is 0 Å². The highest BCUT2D eigenvalue weighted by molar-refractivity contribution is 5.75. The smallest absolute Gasteiger partial charge is 0.221 e. The summed E-state index contributed by atoms with van der Waals surface area (Å²) in [5, 5.41) is 2.67. The molecule has 0 unspecified atom stereocenters. The van der Waals surface area contributed by atoms with Crippen molar-refractivity contribution in [3.05, 3.63) is 24.2 Å². The van der Waals surface area contributed by atoms with Crippen LogP contribution in [-0.4, -0.2) is 30.9 Å². The number of rotatable bonds is 4. The van der Waals surface area contributed by atoms with Gasteiger partial charge in [-0.1, -0.05) is 6.92 Å². The van der Waals surface area contributed by atoms with Crippen LogP contribution in [0.3, 0.4) is 0 Å². The van der Waals surface area contributed by atoms with E-state index < -0.39 is 0 Å². The average Bonchev–Trinajstić information content (AvgIpc) is 2.90. The summed E-state index contributed by atoms with van der Waals surface area (Å²) in [7, 11) is 1.69. The topological polar surface area (TPSA) is 45.5 Å². The summed E-state index contributed by atoms with van der Waals surface area (Å²) in [6, 6.07) is 4.30. The molecule has 2 rings (SSSR count). The lowest BCUT2D eigenvalue weighted by molar-refractivity contribution is -0.121. The van der Waals surface area contributed by atoms with E-state index in [1.807, 2.05) is 12.1 Å². The number of nitrogens with zero attached hydrogens (tertiary/aromatic N) is 1. The number of furan rings is 1. The van der Waals surface area contributed by atoms with Gasteiger partial charge >= 0.3 is 0 Å². The summed E-state index contributed by atoms with van der Waals surface area (Å²) in [6.45, 7) is 4.13. The minimum atomic E-state index is 0.104. The number of carbonyl (C=O) groups excluding carboxylic acids is 1. The third-order valence-electron chi connectivity index (χ3n) is 3.75. The molecule has 1 fully saturated rings. The quantitative estimate of drug-likeness (QED) is 0.891. The van der Waals surface area contributed by atoms with Crippen molar-refractivity contribution in [1.82, 2.24) is 10.2 Å². The van der Waals surface area contributed by atoms with Crippen molar-refractivity contribution in [1.29, 1.82) is 0 Å². The van der Waals surface area contributed by atoms with Crippen LogP contribution in [0.25, 0.3) is 0 Å². The Morgan fingerprint density at radius 1 is 1.61 bits per heavy atom. The van der Waals surface area contributed by atoms with Gasteiger partial charge in [-0.25, -0.2) is 0 Å². The number of amides is 1. The summed E-state index contributed by atoms with van der Waals surface area (Å²) < 4.78 is 5.54. The van der Waals surface area contributed by atoms with E-state index in [-0.39, 0.29) is 5.91 Å². The molecule has 1 aliphatic heterocycles. The maximum absolute atomic E-state index is 11.4. The van der Waals surface area contributed by atoms with E-state index >= 15 is 0 Å². The first-order chi connectivity index (χ1) is 8.70. The van der Waals surface area contributed by atoms with E-state index in [4.69, 9.17) is 4.42 Å². The highest BCUT2D eigenvalue weighted by Crippen LogP contribution is 2.34. The molecule has 1 aliphatic rings. The molecule has 2 heterocycles. The van der Waals surface area contributed by atoms with Gasteiger partial charge in [0.05, 0.1) is 12.3 Å². The van der Waals surface area contributed by atoms with Crippen LogP contribution in [0.1, 0.15) is 38.0 Å². The molecule has 4 heteroatoms. The summed E-state index contributed by atoms with van der Waals surface area (Å²) in [5.41, 5.74) is 0. The summed E-state index contributed by atoms with van der Waals surface area (Å²) in [5.74, 6) is 1.85. The predicted octanol–water partition coefficient (Wildman–Crippen LogP) is 2.19. The Balaban J connectivity index is 2.00. The van der Waals surface area contributed by atoms with Crippen molar-refractivity contribution >= 4 is 5.91 Å². The molecule has 100 valence electrons. The van der Waals surface area contributed by atoms with Gasteiger partial charge in [-0.15, -0.1) is 0 Å². The van der Waals surface area contributed by atoms with Crippen LogP contribution < -0.4 is 5.32 Å². The molecule has 1 saturated heterocycles. The zero-order valence-corrected chi connectivity index (χ0v) is 11.2. The van der Waals surface area contributed by atoms with Crippen molar-refractivity contribution in [2.24, 2.45) is 5.92 Å². The van der Waals surface area contributed by atoms with Crippen LogP contribution in [0.5, 0.6) is 0 Å². The van der Waals surface area contributed by atoms with E-state index in [0.717, 1.165) is 31.2 Å². The second-order valence-electron chi connectivity index (χ2n) is 5.12. The molecule has 0 aromatic carbocycles. The molecule has 0 saturated carbocycles. The van der Waals surface area contributed by atoms with E-state index in [0.29, 0.717) is 12.5 Å². The monoisotopic (exact) mass is 250 g/mol. The van der Waals surface area contributed by atoms with Gasteiger partial charge in [0, 0.05) is 20.0 Å². The number of carbonyl (C=O) groups is 1. The molecule has 0 spiro atoms. The van der Waals surface area contributed by atoms with E-state index in [9.17, 15) is 4.79 Å². The fourth-order valence-electron chi connectivity index (χ4n) is 2.60. The molecular weight excluding hydrogens is 228 g/mol. The zero-order chi connectivity index (χ0) is 13.0. The van der Waals surface area contributed by atoms with Crippen LogP contribution >= 0.6 is 0 Å². The lowest BCUT2D eigenvalue weighted by Gasteiger charge is -2.37. The van der Waals surface area contributed by atoms with Gasteiger partial charge in [0.25, 0.3) is 0 Å². The Kier molecular flexibility index (Phi) is 4.42. The fourth-order valence-corrected chi connectivity index (χ4v) is 2.60. The molecule has 2 atom stereocenters. The number of nitrogens with one attached hydrogen (secondary N) is 1. The molecule has 1 aromatic heterocycles. The zero-order valence-electron chi connectivity index (χ0n) is 11.2. The highest BCUT2D eigenvalue weighted by Gasteiger charge is 2.29. The average molecular weight is 250 g/mol. The molecule has 4 nitrogen and oxygen atoms in total. The molecule has 0 bridgehead atoms. The largest absolute Gasteiger partial charge is 0.468 e. The van der Waals surface area contributed by atoms with E-state index in [1.165, 1.54) is 6.42 Å². The number of hydrogen-bond acceptors (Lipinski definition) is 3. The maximum Gasteiger partial charge on any atom is 0.221 e. The van der Waals surface area contributed by atoms with Crippen LogP contribution in [0.15, 0.2) is 22.8 Å². The Bertz CT molecular complexity index is 375. The fraction of sp³-hybridized carbons (Fsp3) is 0.643. The van der Waals surface area contributed by atoms with E-state index in [1.54, 1.807) is 13.3 Å². The van der Waals surface area contributed by atoms with Gasteiger partial charge in [-0.3, -0.25) is 9.69 Å². The molecule has 0 aliphatic carbocycles. The Morgan fingerprint density at radius 3 is 3.11 bits per heavy atom. The van der Waals surface area contributed by atoms with Gasteiger partial charge in [0.2, 0.25) is 5.91 Å². The van der Waals surface area contributed by atoms with Gasteiger partial charge < -0.3 is 9.73 Å². The second kappa shape index (κ2) is 6.05. The third kappa shape index (κ3) is 3.13. The van der Waals surface area contributed by atoms with Crippen LogP contribution in [-0.2, 0) is 4.79 Å². The van der Waals surface area contributed by atoms with Gasteiger partial charge in [0.1, 0.15) is 5.76 Å². The van der Waals surface area contributed by atoms with Gasteiger partial charge in [-0.05, 0) is 37.4 Å². The Labute approximate surface area is 108 Å². The SMILES string of the molecule is CNC(=O)CCN1CC[C@@H](C)C[C@@H]1c1ccco1.